The summed E-state index contributed by atoms with van der Waals surface area (Å²) in [5.41, 5.74) is 1.40. The van der Waals surface area contributed by atoms with Gasteiger partial charge >= 0.3 is 0 Å². The molecule has 6 heteroatoms. The van der Waals surface area contributed by atoms with Crippen LogP contribution in [0.15, 0.2) is 71.4 Å². The molecule has 1 amide bonds. The second-order valence-electron chi connectivity index (χ2n) is 7.51. The SMILES string of the molecule is O=C(c1nccc2ccccc12)N1CCCC1c1ncc(Cc2ccc(F)cc2)o1. The van der Waals surface area contributed by atoms with Crippen LogP contribution >= 0.6 is 0 Å². The van der Waals surface area contributed by atoms with Gasteiger partial charge in [-0.05, 0) is 42.0 Å². The van der Waals surface area contributed by atoms with E-state index in [0.717, 1.165) is 29.2 Å². The summed E-state index contributed by atoms with van der Waals surface area (Å²) in [4.78, 5) is 24.0. The summed E-state index contributed by atoms with van der Waals surface area (Å²) in [5.74, 6) is 0.865. The Hall–Kier alpha value is -3.54. The zero-order valence-electron chi connectivity index (χ0n) is 16.3. The van der Waals surface area contributed by atoms with Crippen LogP contribution in [-0.2, 0) is 6.42 Å². The Morgan fingerprint density at radius 3 is 2.80 bits per heavy atom. The van der Waals surface area contributed by atoms with Gasteiger partial charge in [-0.15, -0.1) is 0 Å². The van der Waals surface area contributed by atoms with E-state index < -0.39 is 0 Å². The number of oxazole rings is 1. The van der Waals surface area contributed by atoms with Crippen LogP contribution in [0.5, 0.6) is 0 Å². The predicted molar refractivity (Wildman–Crippen MR) is 110 cm³/mol. The summed E-state index contributed by atoms with van der Waals surface area (Å²) in [5, 5.41) is 1.84. The highest BCUT2D eigenvalue weighted by atomic mass is 19.1. The van der Waals surface area contributed by atoms with Crippen molar-refractivity contribution < 1.29 is 13.6 Å². The molecule has 0 bridgehead atoms. The normalized spacial score (nSPS) is 16.3. The first-order chi connectivity index (χ1) is 14.7. The van der Waals surface area contributed by atoms with Crippen LogP contribution in [0.4, 0.5) is 4.39 Å². The van der Waals surface area contributed by atoms with E-state index in [1.54, 1.807) is 24.5 Å². The highest BCUT2D eigenvalue weighted by Gasteiger charge is 2.35. The lowest BCUT2D eigenvalue weighted by atomic mass is 10.1. The van der Waals surface area contributed by atoms with E-state index in [4.69, 9.17) is 4.42 Å². The van der Waals surface area contributed by atoms with Crippen molar-refractivity contribution in [3.05, 3.63) is 95.7 Å². The van der Waals surface area contributed by atoms with Crippen LogP contribution in [0.3, 0.4) is 0 Å². The van der Waals surface area contributed by atoms with Gasteiger partial charge < -0.3 is 9.32 Å². The second kappa shape index (κ2) is 7.71. The molecular weight excluding hydrogens is 381 g/mol. The summed E-state index contributed by atoms with van der Waals surface area (Å²) in [6.45, 7) is 0.643. The first-order valence-corrected chi connectivity index (χ1v) is 10.0. The largest absolute Gasteiger partial charge is 0.443 e. The fourth-order valence-electron chi connectivity index (χ4n) is 4.05. The van der Waals surface area contributed by atoms with E-state index in [1.165, 1.54) is 12.1 Å². The number of nitrogens with zero attached hydrogens (tertiary/aromatic N) is 3. The molecule has 5 nitrogen and oxygen atoms in total. The average molecular weight is 401 g/mol. The molecule has 0 aliphatic carbocycles. The number of carbonyl (C=O) groups excluding carboxylic acids is 1. The molecule has 150 valence electrons. The minimum Gasteiger partial charge on any atom is -0.443 e. The topological polar surface area (TPSA) is 59.2 Å². The smallest absolute Gasteiger partial charge is 0.273 e. The van der Waals surface area contributed by atoms with Crippen molar-refractivity contribution in [3.63, 3.8) is 0 Å². The third kappa shape index (κ3) is 3.45. The number of hydrogen-bond acceptors (Lipinski definition) is 4. The summed E-state index contributed by atoms with van der Waals surface area (Å²) in [7, 11) is 0. The Kier molecular flexibility index (Phi) is 4.75. The number of hydrogen-bond donors (Lipinski definition) is 0. The van der Waals surface area contributed by atoms with Gasteiger partial charge in [0.05, 0.1) is 6.20 Å². The number of likely N-dealkylation sites (tertiary alicyclic amines) is 1. The monoisotopic (exact) mass is 401 g/mol. The van der Waals surface area contributed by atoms with Crippen LogP contribution in [-0.4, -0.2) is 27.3 Å². The maximum atomic E-state index is 13.3. The number of fused-ring (bicyclic) bond motifs is 1. The molecule has 1 aliphatic heterocycles. The first-order valence-electron chi connectivity index (χ1n) is 10.0. The molecular formula is C24H20FN3O2. The minimum atomic E-state index is -0.265. The van der Waals surface area contributed by atoms with Crippen molar-refractivity contribution in [1.82, 2.24) is 14.9 Å². The number of halogens is 1. The van der Waals surface area contributed by atoms with E-state index in [2.05, 4.69) is 9.97 Å². The molecule has 3 heterocycles. The van der Waals surface area contributed by atoms with Crippen molar-refractivity contribution in [3.8, 4) is 0 Å². The van der Waals surface area contributed by atoms with Gasteiger partial charge in [0.15, 0.2) is 0 Å². The lowest BCUT2D eigenvalue weighted by Crippen LogP contribution is -2.31. The van der Waals surface area contributed by atoms with Crippen LogP contribution in [0.2, 0.25) is 0 Å². The molecule has 0 radical (unpaired) electrons. The Morgan fingerprint density at radius 1 is 1.10 bits per heavy atom. The highest BCUT2D eigenvalue weighted by molar-refractivity contribution is 6.05. The Morgan fingerprint density at radius 2 is 1.93 bits per heavy atom. The zero-order valence-corrected chi connectivity index (χ0v) is 16.3. The van der Waals surface area contributed by atoms with Gasteiger partial charge in [0.25, 0.3) is 5.91 Å². The molecule has 2 aromatic carbocycles. The molecule has 0 N–H and O–H groups in total. The van der Waals surface area contributed by atoms with Gasteiger partial charge in [-0.3, -0.25) is 9.78 Å². The van der Waals surface area contributed by atoms with Crippen molar-refractivity contribution in [2.75, 3.05) is 6.54 Å². The lowest BCUT2D eigenvalue weighted by Gasteiger charge is -2.22. The average Bonchev–Trinajstić information content (AvgIpc) is 3.44. The predicted octanol–water partition coefficient (Wildman–Crippen LogP) is 4.93. The van der Waals surface area contributed by atoms with Gasteiger partial charge in [-0.1, -0.05) is 36.4 Å². The standard InChI is InChI=1S/C24H20FN3O2/c25-18-9-7-16(8-10-18)14-19-15-27-23(30-19)21-6-3-13-28(21)24(29)22-20-5-2-1-4-17(20)11-12-26-22/h1-2,4-5,7-12,15,21H,3,6,13-14H2. The Labute approximate surface area is 173 Å². The van der Waals surface area contributed by atoms with E-state index in [0.29, 0.717) is 30.3 Å². The van der Waals surface area contributed by atoms with Crippen molar-refractivity contribution in [2.24, 2.45) is 0 Å². The van der Waals surface area contributed by atoms with Crippen molar-refractivity contribution in [1.29, 1.82) is 0 Å². The maximum Gasteiger partial charge on any atom is 0.273 e. The number of amides is 1. The number of carbonyl (C=O) groups is 1. The van der Waals surface area contributed by atoms with Crippen molar-refractivity contribution >= 4 is 16.7 Å². The van der Waals surface area contributed by atoms with E-state index in [1.807, 2.05) is 35.2 Å². The zero-order chi connectivity index (χ0) is 20.5. The van der Waals surface area contributed by atoms with Gasteiger partial charge in [0.1, 0.15) is 23.3 Å². The Bertz CT molecular complexity index is 1200. The van der Waals surface area contributed by atoms with Gasteiger partial charge in [0, 0.05) is 24.5 Å². The fraction of sp³-hybridized carbons (Fsp3) is 0.208. The quantitative estimate of drug-likeness (QED) is 0.487. The van der Waals surface area contributed by atoms with Gasteiger partial charge in [0.2, 0.25) is 5.89 Å². The third-order valence-corrected chi connectivity index (χ3v) is 5.54. The molecule has 2 aromatic heterocycles. The van der Waals surface area contributed by atoms with E-state index in [9.17, 15) is 9.18 Å². The number of rotatable bonds is 4. The lowest BCUT2D eigenvalue weighted by molar-refractivity contribution is 0.0711. The minimum absolute atomic E-state index is 0.104. The Balaban J connectivity index is 1.39. The van der Waals surface area contributed by atoms with Crippen molar-refractivity contribution in [2.45, 2.75) is 25.3 Å². The molecule has 4 aromatic rings. The van der Waals surface area contributed by atoms with E-state index in [-0.39, 0.29) is 17.8 Å². The second-order valence-corrected chi connectivity index (χ2v) is 7.51. The maximum absolute atomic E-state index is 13.3. The van der Waals surface area contributed by atoms with Gasteiger partial charge in [-0.2, -0.15) is 0 Å². The van der Waals surface area contributed by atoms with Crippen LogP contribution in [0.1, 0.15) is 46.6 Å². The summed E-state index contributed by atoms with van der Waals surface area (Å²) >= 11 is 0. The number of aromatic nitrogens is 2. The molecule has 5 rings (SSSR count). The summed E-state index contributed by atoms with van der Waals surface area (Å²) in [6.07, 6.45) is 5.57. The van der Waals surface area contributed by atoms with E-state index >= 15 is 0 Å². The van der Waals surface area contributed by atoms with Gasteiger partial charge in [-0.25, -0.2) is 9.37 Å². The highest BCUT2D eigenvalue weighted by Crippen LogP contribution is 2.33. The summed E-state index contributed by atoms with van der Waals surface area (Å²) in [6, 6.07) is 15.8. The first kappa shape index (κ1) is 18.5. The molecule has 1 unspecified atom stereocenters. The molecule has 1 fully saturated rings. The number of pyridine rings is 1. The summed E-state index contributed by atoms with van der Waals surface area (Å²) < 4.78 is 19.1. The molecule has 30 heavy (non-hydrogen) atoms. The molecule has 0 spiro atoms. The molecule has 1 saturated heterocycles. The van der Waals surface area contributed by atoms with Crippen LogP contribution in [0.25, 0.3) is 10.8 Å². The molecule has 0 saturated carbocycles. The molecule has 1 atom stereocenters. The van der Waals surface area contributed by atoms with Crippen LogP contribution < -0.4 is 0 Å². The van der Waals surface area contributed by atoms with Crippen LogP contribution in [0, 0.1) is 5.82 Å². The molecule has 1 aliphatic rings. The number of benzene rings is 2. The fourth-order valence-corrected chi connectivity index (χ4v) is 4.05. The third-order valence-electron chi connectivity index (χ3n) is 5.54.